The molecule has 0 aliphatic carbocycles. The summed E-state index contributed by atoms with van der Waals surface area (Å²) < 4.78 is 23.3. The molecule has 0 fully saturated rings. The van der Waals surface area contributed by atoms with E-state index in [1.165, 1.54) is 26.4 Å². The number of hydrogen-bond donors (Lipinski definition) is 1. The van der Waals surface area contributed by atoms with E-state index >= 15 is 0 Å². The third-order valence-corrected chi connectivity index (χ3v) is 3.14. The fraction of sp³-hybridized carbons (Fsp3) is 0.133. The number of amides is 1. The second-order valence-corrected chi connectivity index (χ2v) is 4.55. The van der Waals surface area contributed by atoms with E-state index in [1.54, 1.807) is 18.2 Å². The number of anilines is 1. The van der Waals surface area contributed by atoms with Crippen LogP contribution in [0, 0.1) is 5.82 Å². The zero-order valence-electron chi connectivity index (χ0n) is 11.4. The number of ether oxygens (including phenoxy) is 2. The minimum absolute atomic E-state index is 0.0364. The summed E-state index contributed by atoms with van der Waals surface area (Å²) in [7, 11) is 3.01. The van der Waals surface area contributed by atoms with E-state index in [9.17, 15) is 9.18 Å². The maximum Gasteiger partial charge on any atom is 0.257 e. The van der Waals surface area contributed by atoms with Crippen LogP contribution in [0.4, 0.5) is 10.1 Å². The van der Waals surface area contributed by atoms with Gasteiger partial charge in [0.25, 0.3) is 5.91 Å². The van der Waals surface area contributed by atoms with Gasteiger partial charge in [0.05, 0.1) is 30.5 Å². The van der Waals surface area contributed by atoms with Gasteiger partial charge in [-0.05, 0) is 30.3 Å². The van der Waals surface area contributed by atoms with Crippen LogP contribution in [0.5, 0.6) is 11.5 Å². The Balaban J connectivity index is 2.30. The minimum atomic E-state index is -0.504. The van der Waals surface area contributed by atoms with Crippen molar-refractivity contribution in [1.29, 1.82) is 0 Å². The molecule has 1 N–H and O–H groups in total. The lowest BCUT2D eigenvalue weighted by atomic mass is 10.2. The third-order valence-electron chi connectivity index (χ3n) is 2.83. The summed E-state index contributed by atoms with van der Waals surface area (Å²) in [5, 5.41) is 2.70. The normalized spacial score (nSPS) is 10.1. The second kappa shape index (κ2) is 6.45. The smallest absolute Gasteiger partial charge is 0.257 e. The van der Waals surface area contributed by atoms with Crippen molar-refractivity contribution in [2.45, 2.75) is 0 Å². The molecule has 0 aromatic heterocycles. The Hall–Kier alpha value is -2.27. The van der Waals surface area contributed by atoms with Crippen LogP contribution >= 0.6 is 11.6 Å². The monoisotopic (exact) mass is 309 g/mol. The summed E-state index contributed by atoms with van der Waals surface area (Å²) >= 11 is 5.87. The van der Waals surface area contributed by atoms with Crippen LogP contribution < -0.4 is 14.8 Å². The van der Waals surface area contributed by atoms with Crippen LogP contribution in [0.15, 0.2) is 36.4 Å². The summed E-state index contributed by atoms with van der Waals surface area (Å²) in [6.07, 6.45) is 0. The maximum atomic E-state index is 13.0. The summed E-state index contributed by atoms with van der Waals surface area (Å²) in [4.78, 5) is 12.2. The average Bonchev–Trinajstić information content (AvgIpc) is 2.46. The lowest BCUT2D eigenvalue weighted by Crippen LogP contribution is -2.13. The lowest BCUT2D eigenvalue weighted by Gasteiger charge is -2.12. The molecular formula is C15H13ClFNO3. The molecule has 6 heteroatoms. The number of methoxy groups -OCH3 is 2. The van der Waals surface area contributed by atoms with Crippen LogP contribution in [0.2, 0.25) is 5.02 Å². The first-order valence-electron chi connectivity index (χ1n) is 6.03. The fourth-order valence-corrected chi connectivity index (χ4v) is 2.03. The zero-order valence-corrected chi connectivity index (χ0v) is 12.2. The minimum Gasteiger partial charge on any atom is -0.497 e. The number of halogens is 2. The first kappa shape index (κ1) is 15.1. The zero-order chi connectivity index (χ0) is 15.4. The number of carbonyl (C=O) groups excluding carboxylic acids is 1. The van der Waals surface area contributed by atoms with Gasteiger partial charge in [-0.1, -0.05) is 11.6 Å². The quantitative estimate of drug-likeness (QED) is 0.935. The topological polar surface area (TPSA) is 47.6 Å². The van der Waals surface area contributed by atoms with E-state index in [0.717, 1.165) is 6.07 Å². The van der Waals surface area contributed by atoms with Gasteiger partial charge in [0.15, 0.2) is 0 Å². The summed E-state index contributed by atoms with van der Waals surface area (Å²) in [6, 6.07) is 8.57. The van der Waals surface area contributed by atoms with Crippen molar-refractivity contribution in [3.8, 4) is 11.5 Å². The van der Waals surface area contributed by atoms with Gasteiger partial charge < -0.3 is 14.8 Å². The van der Waals surface area contributed by atoms with Crippen molar-refractivity contribution < 1.29 is 18.7 Å². The Morgan fingerprint density at radius 2 is 1.90 bits per heavy atom. The Bertz CT molecular complexity index is 676. The highest BCUT2D eigenvalue weighted by molar-refractivity contribution is 6.34. The molecule has 0 heterocycles. The Morgan fingerprint density at radius 1 is 1.14 bits per heavy atom. The highest BCUT2D eigenvalue weighted by Crippen LogP contribution is 2.30. The largest absolute Gasteiger partial charge is 0.497 e. The van der Waals surface area contributed by atoms with Gasteiger partial charge in [-0.25, -0.2) is 4.39 Å². The Kier molecular flexibility index (Phi) is 4.65. The SMILES string of the molecule is COc1ccc(OC)c(NC(=O)c2ccc(F)cc2Cl)c1. The summed E-state index contributed by atoms with van der Waals surface area (Å²) in [5.74, 6) is 0.0701. The summed E-state index contributed by atoms with van der Waals surface area (Å²) in [6.45, 7) is 0. The van der Waals surface area contributed by atoms with Gasteiger partial charge in [0.1, 0.15) is 17.3 Å². The molecule has 2 aromatic rings. The molecule has 0 aliphatic rings. The van der Waals surface area contributed by atoms with Gasteiger partial charge in [-0.2, -0.15) is 0 Å². The van der Waals surface area contributed by atoms with E-state index in [2.05, 4.69) is 5.32 Å². The number of carbonyl (C=O) groups is 1. The highest BCUT2D eigenvalue weighted by atomic mass is 35.5. The van der Waals surface area contributed by atoms with Crippen molar-refractivity contribution in [2.75, 3.05) is 19.5 Å². The molecule has 21 heavy (non-hydrogen) atoms. The third kappa shape index (κ3) is 3.44. The molecule has 110 valence electrons. The van der Waals surface area contributed by atoms with E-state index in [0.29, 0.717) is 17.2 Å². The molecule has 0 bridgehead atoms. The average molecular weight is 310 g/mol. The number of benzene rings is 2. The molecule has 2 aromatic carbocycles. The van der Waals surface area contributed by atoms with Gasteiger partial charge in [0, 0.05) is 6.07 Å². The van der Waals surface area contributed by atoms with E-state index < -0.39 is 11.7 Å². The molecule has 0 radical (unpaired) electrons. The van der Waals surface area contributed by atoms with Crippen molar-refractivity contribution in [1.82, 2.24) is 0 Å². The molecule has 1 amide bonds. The van der Waals surface area contributed by atoms with Gasteiger partial charge in [-0.3, -0.25) is 4.79 Å². The lowest BCUT2D eigenvalue weighted by molar-refractivity contribution is 0.102. The molecular weight excluding hydrogens is 297 g/mol. The van der Waals surface area contributed by atoms with Crippen LogP contribution in [0.1, 0.15) is 10.4 Å². The van der Waals surface area contributed by atoms with Gasteiger partial charge in [0.2, 0.25) is 0 Å². The molecule has 0 saturated carbocycles. The molecule has 0 spiro atoms. The first-order chi connectivity index (χ1) is 10.0. The van der Waals surface area contributed by atoms with Crippen LogP contribution in [0.25, 0.3) is 0 Å². The van der Waals surface area contributed by atoms with Crippen LogP contribution in [-0.2, 0) is 0 Å². The molecule has 2 rings (SSSR count). The van der Waals surface area contributed by atoms with Crippen LogP contribution in [0.3, 0.4) is 0 Å². The molecule has 4 nitrogen and oxygen atoms in total. The predicted octanol–water partition coefficient (Wildman–Crippen LogP) is 3.75. The van der Waals surface area contributed by atoms with E-state index in [-0.39, 0.29) is 10.6 Å². The van der Waals surface area contributed by atoms with E-state index in [4.69, 9.17) is 21.1 Å². The predicted molar refractivity (Wildman–Crippen MR) is 78.9 cm³/mol. The van der Waals surface area contributed by atoms with Crippen molar-refractivity contribution >= 4 is 23.2 Å². The maximum absolute atomic E-state index is 13.0. The number of hydrogen-bond acceptors (Lipinski definition) is 3. The molecule has 0 aliphatic heterocycles. The molecule has 0 saturated heterocycles. The standard InChI is InChI=1S/C15H13ClFNO3/c1-20-10-4-6-14(21-2)13(8-10)18-15(19)11-5-3-9(17)7-12(11)16/h3-8H,1-2H3,(H,18,19). The fourth-order valence-electron chi connectivity index (χ4n) is 1.78. The number of nitrogens with one attached hydrogen (secondary N) is 1. The van der Waals surface area contributed by atoms with Crippen molar-refractivity contribution in [3.63, 3.8) is 0 Å². The highest BCUT2D eigenvalue weighted by Gasteiger charge is 2.14. The van der Waals surface area contributed by atoms with Gasteiger partial charge in [-0.15, -0.1) is 0 Å². The van der Waals surface area contributed by atoms with Crippen molar-refractivity contribution in [3.05, 3.63) is 52.8 Å². The Morgan fingerprint density at radius 3 is 2.52 bits per heavy atom. The number of rotatable bonds is 4. The molecule has 0 atom stereocenters. The van der Waals surface area contributed by atoms with Crippen LogP contribution in [-0.4, -0.2) is 20.1 Å². The Labute approximate surface area is 126 Å². The van der Waals surface area contributed by atoms with E-state index in [1.807, 2.05) is 0 Å². The first-order valence-corrected chi connectivity index (χ1v) is 6.41. The summed E-state index contributed by atoms with van der Waals surface area (Å²) in [5.41, 5.74) is 0.602. The van der Waals surface area contributed by atoms with Gasteiger partial charge >= 0.3 is 0 Å². The second-order valence-electron chi connectivity index (χ2n) is 4.14. The van der Waals surface area contributed by atoms with Crippen molar-refractivity contribution in [2.24, 2.45) is 0 Å². The molecule has 0 unspecified atom stereocenters.